The third-order valence-electron chi connectivity index (χ3n) is 2.77. The van der Waals surface area contributed by atoms with Crippen LogP contribution in [0, 0.1) is 11.3 Å². The zero-order chi connectivity index (χ0) is 12.0. The van der Waals surface area contributed by atoms with Gasteiger partial charge in [0.15, 0.2) is 0 Å². The maximum atomic E-state index is 8.54. The van der Waals surface area contributed by atoms with Gasteiger partial charge in [0.25, 0.3) is 0 Å². The van der Waals surface area contributed by atoms with Crippen LogP contribution in [-0.4, -0.2) is 25.0 Å². The van der Waals surface area contributed by atoms with Gasteiger partial charge < -0.3 is 0 Å². The summed E-state index contributed by atoms with van der Waals surface area (Å²) in [5.74, 6) is 0.593. The average Bonchev–Trinajstić information content (AvgIpc) is 2.27. The average molecular weight is 216 g/mol. The molecule has 0 radical (unpaired) electrons. The lowest BCUT2D eigenvalue weighted by Crippen LogP contribution is -2.21. The van der Waals surface area contributed by atoms with Crippen molar-refractivity contribution in [3.8, 4) is 6.07 Å². The van der Waals surface area contributed by atoms with Crippen LogP contribution in [0.2, 0.25) is 0 Å². The summed E-state index contributed by atoms with van der Waals surface area (Å²) in [5.41, 5.74) is 2.73. The molecule has 1 aromatic carbocycles. The fourth-order valence-corrected chi connectivity index (χ4v) is 1.59. The molecule has 0 N–H and O–H groups in total. The Kier molecular flexibility index (Phi) is 5.01. The summed E-state index contributed by atoms with van der Waals surface area (Å²) in [6.07, 6.45) is 1.01. The van der Waals surface area contributed by atoms with Crippen LogP contribution in [0.15, 0.2) is 24.3 Å². The third-order valence-corrected chi connectivity index (χ3v) is 2.77. The molecule has 0 bridgehead atoms. The predicted molar refractivity (Wildman–Crippen MR) is 67.3 cm³/mol. The summed E-state index contributed by atoms with van der Waals surface area (Å²) < 4.78 is 0. The maximum Gasteiger partial charge on any atom is 0.0863 e. The first kappa shape index (κ1) is 12.7. The molecule has 1 aromatic rings. The standard InChI is InChI=1S/C14H20N2/c1-12(2)14-6-4-13(5-7-14)8-10-16(3)11-9-15/h4-7,12H,8,10-11H2,1-3H3. The van der Waals surface area contributed by atoms with Crippen molar-refractivity contribution in [3.05, 3.63) is 35.4 Å². The molecule has 1 rings (SSSR count). The monoisotopic (exact) mass is 216 g/mol. The number of nitrogens with zero attached hydrogens (tertiary/aromatic N) is 2. The highest BCUT2D eigenvalue weighted by Crippen LogP contribution is 2.14. The van der Waals surface area contributed by atoms with E-state index in [9.17, 15) is 0 Å². The van der Waals surface area contributed by atoms with E-state index in [1.807, 2.05) is 11.9 Å². The molecule has 2 heteroatoms. The zero-order valence-electron chi connectivity index (χ0n) is 10.4. The van der Waals surface area contributed by atoms with Crippen molar-refractivity contribution >= 4 is 0 Å². The minimum absolute atomic E-state index is 0.504. The van der Waals surface area contributed by atoms with E-state index in [2.05, 4.69) is 44.2 Å². The Hall–Kier alpha value is -1.33. The topological polar surface area (TPSA) is 27.0 Å². The van der Waals surface area contributed by atoms with E-state index < -0.39 is 0 Å². The molecule has 0 aromatic heterocycles. The molecule has 0 unspecified atom stereocenters. The summed E-state index contributed by atoms with van der Waals surface area (Å²) >= 11 is 0. The van der Waals surface area contributed by atoms with Crippen molar-refractivity contribution in [1.29, 1.82) is 5.26 Å². The van der Waals surface area contributed by atoms with Gasteiger partial charge in [0.2, 0.25) is 0 Å². The van der Waals surface area contributed by atoms with Gasteiger partial charge in [-0.2, -0.15) is 5.26 Å². The Morgan fingerprint density at radius 2 is 1.88 bits per heavy atom. The van der Waals surface area contributed by atoms with E-state index in [4.69, 9.17) is 5.26 Å². The molecule has 2 nitrogen and oxygen atoms in total. The number of nitriles is 1. The lowest BCUT2D eigenvalue weighted by atomic mass is 10.0. The second-order valence-electron chi connectivity index (χ2n) is 4.54. The number of benzene rings is 1. The fraction of sp³-hybridized carbons (Fsp3) is 0.500. The van der Waals surface area contributed by atoms with Crippen molar-refractivity contribution in [3.63, 3.8) is 0 Å². The Morgan fingerprint density at radius 3 is 2.38 bits per heavy atom. The quantitative estimate of drug-likeness (QED) is 0.708. The smallest absolute Gasteiger partial charge is 0.0863 e. The van der Waals surface area contributed by atoms with Gasteiger partial charge in [-0.15, -0.1) is 0 Å². The van der Waals surface area contributed by atoms with E-state index in [0.717, 1.165) is 13.0 Å². The van der Waals surface area contributed by atoms with Crippen molar-refractivity contribution in [2.24, 2.45) is 0 Å². The Labute approximate surface area is 98.5 Å². The van der Waals surface area contributed by atoms with E-state index in [-0.39, 0.29) is 0 Å². The number of hydrogen-bond donors (Lipinski definition) is 0. The molecule has 0 atom stereocenters. The van der Waals surface area contributed by atoms with E-state index in [1.54, 1.807) is 0 Å². The zero-order valence-corrected chi connectivity index (χ0v) is 10.4. The second-order valence-corrected chi connectivity index (χ2v) is 4.54. The molecule has 0 aliphatic carbocycles. The number of hydrogen-bond acceptors (Lipinski definition) is 2. The van der Waals surface area contributed by atoms with Crippen molar-refractivity contribution in [2.75, 3.05) is 20.1 Å². The highest BCUT2D eigenvalue weighted by molar-refractivity contribution is 5.24. The molecule has 0 heterocycles. The summed E-state index contributed by atoms with van der Waals surface area (Å²) in [7, 11) is 1.98. The third kappa shape index (κ3) is 4.04. The number of likely N-dealkylation sites (N-methyl/N-ethyl adjacent to an activating group) is 1. The lowest BCUT2D eigenvalue weighted by molar-refractivity contribution is 0.379. The lowest BCUT2D eigenvalue weighted by Gasteiger charge is -2.12. The second kappa shape index (κ2) is 6.30. The largest absolute Gasteiger partial charge is 0.293 e. The summed E-state index contributed by atoms with van der Waals surface area (Å²) in [5, 5.41) is 8.54. The van der Waals surface area contributed by atoms with Crippen LogP contribution in [0.4, 0.5) is 0 Å². The van der Waals surface area contributed by atoms with Crippen LogP contribution in [0.5, 0.6) is 0 Å². The predicted octanol–water partition coefficient (Wildman–Crippen LogP) is 2.81. The number of rotatable bonds is 5. The van der Waals surface area contributed by atoms with Crippen molar-refractivity contribution in [1.82, 2.24) is 4.90 Å². The molecule has 0 fully saturated rings. The van der Waals surface area contributed by atoms with Gasteiger partial charge >= 0.3 is 0 Å². The van der Waals surface area contributed by atoms with Gasteiger partial charge in [0.05, 0.1) is 12.6 Å². The van der Waals surface area contributed by atoms with E-state index in [0.29, 0.717) is 12.5 Å². The van der Waals surface area contributed by atoms with Gasteiger partial charge in [-0.05, 0) is 30.5 Å². The van der Waals surface area contributed by atoms with Gasteiger partial charge in [-0.3, -0.25) is 4.90 Å². The molecule has 16 heavy (non-hydrogen) atoms. The Balaban J connectivity index is 2.47. The van der Waals surface area contributed by atoms with E-state index in [1.165, 1.54) is 11.1 Å². The van der Waals surface area contributed by atoms with Gasteiger partial charge in [0, 0.05) is 6.54 Å². The maximum absolute atomic E-state index is 8.54. The first-order valence-electron chi connectivity index (χ1n) is 5.78. The van der Waals surface area contributed by atoms with Gasteiger partial charge in [-0.1, -0.05) is 38.1 Å². The highest BCUT2D eigenvalue weighted by Gasteiger charge is 2.00. The highest BCUT2D eigenvalue weighted by atomic mass is 15.1. The first-order chi connectivity index (χ1) is 7.63. The molecule has 0 aliphatic heterocycles. The molecule has 0 aliphatic rings. The van der Waals surface area contributed by atoms with Gasteiger partial charge in [-0.25, -0.2) is 0 Å². The normalized spacial score (nSPS) is 10.8. The SMILES string of the molecule is CC(C)c1ccc(CCN(C)CC#N)cc1. The van der Waals surface area contributed by atoms with Crippen LogP contribution in [0.3, 0.4) is 0 Å². The van der Waals surface area contributed by atoms with E-state index >= 15 is 0 Å². The van der Waals surface area contributed by atoms with Gasteiger partial charge in [0.1, 0.15) is 0 Å². The van der Waals surface area contributed by atoms with Crippen LogP contribution >= 0.6 is 0 Å². The van der Waals surface area contributed by atoms with Crippen LogP contribution in [-0.2, 0) is 6.42 Å². The summed E-state index contributed by atoms with van der Waals surface area (Å²) in [6, 6.07) is 10.9. The molecule has 0 saturated carbocycles. The molecule has 86 valence electrons. The molecule has 0 spiro atoms. The van der Waals surface area contributed by atoms with Crippen molar-refractivity contribution < 1.29 is 0 Å². The van der Waals surface area contributed by atoms with Crippen LogP contribution in [0.25, 0.3) is 0 Å². The molecular weight excluding hydrogens is 196 g/mol. The summed E-state index contributed by atoms with van der Waals surface area (Å²) in [4.78, 5) is 2.04. The van der Waals surface area contributed by atoms with Crippen molar-refractivity contribution in [2.45, 2.75) is 26.2 Å². The Bertz CT molecular complexity index is 346. The fourth-order valence-electron chi connectivity index (χ4n) is 1.59. The Morgan fingerprint density at radius 1 is 1.25 bits per heavy atom. The summed E-state index contributed by atoms with van der Waals surface area (Å²) in [6.45, 7) is 5.85. The first-order valence-corrected chi connectivity index (χ1v) is 5.78. The van der Waals surface area contributed by atoms with Crippen LogP contribution in [0.1, 0.15) is 30.9 Å². The van der Waals surface area contributed by atoms with Crippen LogP contribution < -0.4 is 0 Å². The minimum Gasteiger partial charge on any atom is -0.293 e. The molecule has 0 amide bonds. The molecule has 0 saturated heterocycles. The molecular formula is C14H20N2. The minimum atomic E-state index is 0.504.